The molecule has 0 aromatic carbocycles. The molecule has 0 unspecified atom stereocenters. The van der Waals surface area contributed by atoms with E-state index < -0.39 is 0 Å². The first-order valence-electron chi connectivity index (χ1n) is 8.63. The van der Waals surface area contributed by atoms with Gasteiger partial charge in [-0.15, -0.1) is 0 Å². The van der Waals surface area contributed by atoms with Crippen molar-refractivity contribution in [3.63, 3.8) is 0 Å². The number of imidazole rings is 1. The van der Waals surface area contributed by atoms with Crippen molar-refractivity contribution in [1.82, 2.24) is 19.8 Å². The van der Waals surface area contributed by atoms with Crippen molar-refractivity contribution in [2.45, 2.75) is 45.1 Å². The number of carbonyl (C=O) groups excluding carboxylic acids is 1. The third-order valence-electron chi connectivity index (χ3n) is 5.75. The number of rotatable bonds is 4. The molecule has 0 bridgehead atoms. The molecule has 3 heterocycles. The van der Waals surface area contributed by atoms with Gasteiger partial charge in [-0.1, -0.05) is 0 Å². The van der Waals surface area contributed by atoms with Crippen molar-refractivity contribution in [1.29, 1.82) is 0 Å². The molecular formula is C17H26N4O. The number of nitrogens with one attached hydrogen (secondary N) is 1. The highest BCUT2D eigenvalue weighted by Crippen LogP contribution is 2.47. The molecule has 1 N–H and O–H groups in total. The highest BCUT2D eigenvalue weighted by atomic mass is 16.2. The maximum atomic E-state index is 13.1. The van der Waals surface area contributed by atoms with E-state index in [0.29, 0.717) is 11.9 Å². The molecule has 2 aliphatic heterocycles. The van der Waals surface area contributed by atoms with Crippen LogP contribution in [-0.2, 0) is 4.79 Å². The van der Waals surface area contributed by atoms with Crippen LogP contribution in [0.4, 0.5) is 0 Å². The van der Waals surface area contributed by atoms with Crippen molar-refractivity contribution >= 4 is 5.91 Å². The van der Waals surface area contributed by atoms with Crippen LogP contribution in [-0.4, -0.2) is 46.5 Å². The first-order valence-corrected chi connectivity index (χ1v) is 8.63. The van der Waals surface area contributed by atoms with Gasteiger partial charge in [-0.3, -0.25) is 4.79 Å². The van der Waals surface area contributed by atoms with Gasteiger partial charge in [-0.25, -0.2) is 4.98 Å². The Kier molecular flexibility index (Phi) is 3.29. The fourth-order valence-electron chi connectivity index (χ4n) is 4.09. The fraction of sp³-hybridized carbons (Fsp3) is 0.765. The Morgan fingerprint density at radius 2 is 2.27 bits per heavy atom. The first kappa shape index (κ1) is 14.2. The maximum absolute atomic E-state index is 13.1. The molecule has 1 aliphatic carbocycles. The summed E-state index contributed by atoms with van der Waals surface area (Å²) in [6, 6.07) is 0.414. The Hall–Kier alpha value is -1.36. The van der Waals surface area contributed by atoms with Gasteiger partial charge >= 0.3 is 0 Å². The molecule has 5 heteroatoms. The van der Waals surface area contributed by atoms with Gasteiger partial charge in [0.25, 0.3) is 0 Å². The predicted molar refractivity (Wildman–Crippen MR) is 84.6 cm³/mol. The zero-order valence-electron chi connectivity index (χ0n) is 13.6. The Morgan fingerprint density at radius 1 is 1.45 bits per heavy atom. The summed E-state index contributed by atoms with van der Waals surface area (Å²) < 4.78 is 2.14. The average Bonchev–Trinajstić information content (AvgIpc) is 2.92. The Balaban J connectivity index is 1.58. The van der Waals surface area contributed by atoms with Gasteiger partial charge in [-0.2, -0.15) is 0 Å². The lowest BCUT2D eigenvalue weighted by Crippen LogP contribution is -2.40. The molecular weight excluding hydrogens is 276 g/mol. The lowest BCUT2D eigenvalue weighted by Gasteiger charge is -2.28. The third kappa shape index (κ3) is 2.18. The van der Waals surface area contributed by atoms with E-state index in [4.69, 9.17) is 0 Å². The van der Waals surface area contributed by atoms with Crippen LogP contribution >= 0.6 is 0 Å². The SMILES string of the molecule is CC(C)n1cnc([C@H]2CNC[C@]23CCN(CC2CC2)C3=O)c1. The molecule has 4 rings (SSSR count). The molecule has 1 spiro atoms. The monoisotopic (exact) mass is 302 g/mol. The van der Waals surface area contributed by atoms with Gasteiger partial charge in [0.2, 0.25) is 5.91 Å². The number of hydrogen-bond donors (Lipinski definition) is 1. The third-order valence-corrected chi connectivity index (χ3v) is 5.75. The van der Waals surface area contributed by atoms with Crippen LogP contribution in [0.3, 0.4) is 0 Å². The summed E-state index contributed by atoms with van der Waals surface area (Å²) in [4.78, 5) is 19.8. The summed E-state index contributed by atoms with van der Waals surface area (Å²) in [5.74, 6) is 1.37. The number of aromatic nitrogens is 2. The van der Waals surface area contributed by atoms with Crippen molar-refractivity contribution in [2.24, 2.45) is 11.3 Å². The summed E-state index contributed by atoms with van der Waals surface area (Å²) >= 11 is 0. The molecule has 1 aromatic rings. The lowest BCUT2D eigenvalue weighted by molar-refractivity contribution is -0.136. The second-order valence-corrected chi connectivity index (χ2v) is 7.62. The fourth-order valence-corrected chi connectivity index (χ4v) is 4.09. The Morgan fingerprint density at radius 3 is 2.95 bits per heavy atom. The number of likely N-dealkylation sites (tertiary alicyclic amines) is 1. The average molecular weight is 302 g/mol. The summed E-state index contributed by atoms with van der Waals surface area (Å²) in [6.07, 6.45) is 7.63. The molecule has 2 saturated heterocycles. The van der Waals surface area contributed by atoms with Gasteiger partial charge in [0.05, 0.1) is 17.4 Å². The van der Waals surface area contributed by atoms with Gasteiger partial charge in [0, 0.05) is 44.3 Å². The largest absolute Gasteiger partial charge is 0.342 e. The predicted octanol–water partition coefficient (Wildman–Crippen LogP) is 1.78. The number of carbonyl (C=O) groups is 1. The van der Waals surface area contributed by atoms with Gasteiger partial charge in [0.1, 0.15) is 0 Å². The van der Waals surface area contributed by atoms with Crippen LogP contribution < -0.4 is 5.32 Å². The number of nitrogens with zero attached hydrogens (tertiary/aromatic N) is 3. The van der Waals surface area contributed by atoms with E-state index in [0.717, 1.165) is 44.2 Å². The van der Waals surface area contributed by atoms with Crippen LogP contribution in [0.5, 0.6) is 0 Å². The second kappa shape index (κ2) is 5.08. The van der Waals surface area contributed by atoms with Crippen molar-refractivity contribution in [2.75, 3.05) is 26.2 Å². The van der Waals surface area contributed by atoms with Crippen LogP contribution in [0.25, 0.3) is 0 Å². The van der Waals surface area contributed by atoms with E-state index in [-0.39, 0.29) is 11.3 Å². The topological polar surface area (TPSA) is 50.2 Å². The maximum Gasteiger partial charge on any atom is 0.230 e. The number of hydrogen-bond acceptors (Lipinski definition) is 3. The van der Waals surface area contributed by atoms with Crippen molar-refractivity contribution < 1.29 is 4.79 Å². The van der Waals surface area contributed by atoms with E-state index in [1.54, 1.807) is 0 Å². The number of amides is 1. The van der Waals surface area contributed by atoms with Gasteiger partial charge in [0.15, 0.2) is 0 Å². The summed E-state index contributed by atoms with van der Waals surface area (Å²) in [5.41, 5.74) is 0.839. The molecule has 2 atom stereocenters. The first-order chi connectivity index (χ1) is 10.6. The molecule has 120 valence electrons. The standard InChI is InChI=1S/C17H26N4O/c1-12(2)21-9-15(19-11-21)14-7-18-10-17(14)5-6-20(16(17)22)8-13-3-4-13/h9,11-14,18H,3-8,10H2,1-2H3/t14-,17-/m1/s1. The van der Waals surface area contributed by atoms with Crippen molar-refractivity contribution in [3.05, 3.63) is 18.2 Å². The normalized spacial score (nSPS) is 31.9. The minimum Gasteiger partial charge on any atom is -0.342 e. The summed E-state index contributed by atoms with van der Waals surface area (Å²) in [6.45, 7) is 7.91. The zero-order valence-corrected chi connectivity index (χ0v) is 13.6. The second-order valence-electron chi connectivity index (χ2n) is 7.62. The van der Waals surface area contributed by atoms with Crippen LogP contribution in [0, 0.1) is 11.3 Å². The molecule has 0 radical (unpaired) electrons. The minimum atomic E-state index is -0.245. The highest BCUT2D eigenvalue weighted by molar-refractivity contribution is 5.86. The molecule has 3 aliphatic rings. The quantitative estimate of drug-likeness (QED) is 0.922. The molecule has 1 amide bonds. The molecule has 1 aromatic heterocycles. The van der Waals surface area contributed by atoms with Crippen LogP contribution in [0.1, 0.15) is 50.8 Å². The van der Waals surface area contributed by atoms with Gasteiger partial charge < -0.3 is 14.8 Å². The Bertz CT molecular complexity index is 577. The van der Waals surface area contributed by atoms with Crippen molar-refractivity contribution in [3.8, 4) is 0 Å². The molecule has 22 heavy (non-hydrogen) atoms. The molecule has 3 fully saturated rings. The van der Waals surface area contributed by atoms with E-state index in [9.17, 15) is 4.79 Å². The molecule has 1 saturated carbocycles. The molecule has 5 nitrogen and oxygen atoms in total. The highest BCUT2D eigenvalue weighted by Gasteiger charge is 2.55. The Labute approximate surface area is 132 Å². The smallest absolute Gasteiger partial charge is 0.230 e. The van der Waals surface area contributed by atoms with Crippen LogP contribution in [0.15, 0.2) is 12.5 Å². The van der Waals surface area contributed by atoms with E-state index in [2.05, 4.69) is 39.8 Å². The van der Waals surface area contributed by atoms with Crippen LogP contribution in [0.2, 0.25) is 0 Å². The minimum absolute atomic E-state index is 0.226. The van der Waals surface area contributed by atoms with E-state index in [1.165, 1.54) is 12.8 Å². The zero-order chi connectivity index (χ0) is 15.3. The lowest BCUT2D eigenvalue weighted by atomic mass is 9.75. The van der Waals surface area contributed by atoms with Gasteiger partial charge in [-0.05, 0) is 39.0 Å². The van der Waals surface area contributed by atoms with E-state index >= 15 is 0 Å². The van der Waals surface area contributed by atoms with E-state index in [1.807, 2.05) is 6.33 Å². The summed E-state index contributed by atoms with van der Waals surface area (Å²) in [5, 5.41) is 3.47. The summed E-state index contributed by atoms with van der Waals surface area (Å²) in [7, 11) is 0.